The molecule has 6 heteroatoms. The van der Waals surface area contributed by atoms with E-state index >= 15 is 0 Å². The highest BCUT2D eigenvalue weighted by atomic mass is 16.6. The number of hydrogen-bond donors (Lipinski definition) is 0. The summed E-state index contributed by atoms with van der Waals surface area (Å²) >= 11 is 0. The Morgan fingerprint density at radius 1 is 1.27 bits per heavy atom. The lowest BCUT2D eigenvalue weighted by atomic mass is 9.89. The van der Waals surface area contributed by atoms with Gasteiger partial charge < -0.3 is 14.2 Å². The molecule has 3 atom stereocenters. The second-order valence-corrected chi connectivity index (χ2v) is 7.79. The van der Waals surface area contributed by atoms with E-state index in [2.05, 4.69) is 10.1 Å². The van der Waals surface area contributed by atoms with Crippen molar-refractivity contribution in [2.75, 3.05) is 0 Å². The lowest BCUT2D eigenvalue weighted by molar-refractivity contribution is 0.0211. The highest BCUT2D eigenvalue weighted by Crippen LogP contribution is 2.47. The first-order chi connectivity index (χ1) is 10.4. The number of carbonyl (C=O) groups is 1. The molecule has 1 saturated carbocycles. The van der Waals surface area contributed by atoms with Crippen molar-refractivity contribution >= 4 is 6.09 Å². The molecule has 3 heterocycles. The highest BCUT2D eigenvalue weighted by molar-refractivity contribution is 5.70. The largest absolute Gasteiger partial charge is 0.444 e. The van der Waals surface area contributed by atoms with Crippen LogP contribution in [0.4, 0.5) is 4.79 Å². The van der Waals surface area contributed by atoms with Crippen molar-refractivity contribution in [1.29, 1.82) is 0 Å². The summed E-state index contributed by atoms with van der Waals surface area (Å²) in [7, 11) is 0. The average molecular weight is 305 g/mol. The Kier molecular flexibility index (Phi) is 3.00. The zero-order valence-corrected chi connectivity index (χ0v) is 13.4. The minimum Gasteiger partial charge on any atom is -0.444 e. The minimum atomic E-state index is -0.460. The fourth-order valence-electron chi connectivity index (χ4n) is 3.76. The number of rotatable bonds is 2. The monoisotopic (exact) mass is 305 g/mol. The summed E-state index contributed by atoms with van der Waals surface area (Å²) in [5.41, 5.74) is -0.460. The van der Waals surface area contributed by atoms with Gasteiger partial charge in [-0.25, -0.2) is 4.79 Å². The number of carbonyl (C=O) groups excluding carboxylic acids is 1. The third-order valence-corrected chi connectivity index (χ3v) is 4.86. The van der Waals surface area contributed by atoms with Gasteiger partial charge in [-0.15, -0.1) is 0 Å². The van der Waals surface area contributed by atoms with Gasteiger partial charge in [0.25, 0.3) is 0 Å². The number of amides is 1. The maximum Gasteiger partial charge on any atom is 0.410 e. The Morgan fingerprint density at radius 3 is 2.73 bits per heavy atom. The van der Waals surface area contributed by atoms with Crippen LogP contribution in [0.1, 0.15) is 76.4 Å². The molecular formula is C16H23N3O3. The molecule has 6 nitrogen and oxygen atoms in total. The van der Waals surface area contributed by atoms with Crippen LogP contribution in [0.15, 0.2) is 4.52 Å². The summed E-state index contributed by atoms with van der Waals surface area (Å²) in [6.07, 6.45) is 5.08. The quantitative estimate of drug-likeness (QED) is 0.839. The lowest BCUT2D eigenvalue weighted by Crippen LogP contribution is -2.40. The molecule has 1 aromatic heterocycles. The second-order valence-electron chi connectivity index (χ2n) is 7.79. The maximum absolute atomic E-state index is 12.5. The van der Waals surface area contributed by atoms with Gasteiger partial charge >= 0.3 is 6.09 Å². The van der Waals surface area contributed by atoms with E-state index in [1.807, 2.05) is 25.7 Å². The van der Waals surface area contributed by atoms with E-state index in [1.165, 1.54) is 12.8 Å². The summed E-state index contributed by atoms with van der Waals surface area (Å²) in [5, 5.41) is 4.11. The average Bonchev–Trinajstić information content (AvgIpc) is 2.91. The second kappa shape index (κ2) is 4.70. The lowest BCUT2D eigenvalue weighted by Gasteiger charge is -2.27. The zero-order valence-electron chi connectivity index (χ0n) is 13.4. The van der Waals surface area contributed by atoms with Crippen LogP contribution in [0.25, 0.3) is 0 Å². The Hall–Kier alpha value is -1.59. The van der Waals surface area contributed by atoms with E-state index in [0.717, 1.165) is 25.1 Å². The van der Waals surface area contributed by atoms with Crippen molar-refractivity contribution in [2.45, 2.75) is 82.4 Å². The molecular weight excluding hydrogens is 282 g/mol. The van der Waals surface area contributed by atoms with Gasteiger partial charge in [-0.2, -0.15) is 4.98 Å². The van der Waals surface area contributed by atoms with Crippen LogP contribution in [-0.4, -0.2) is 38.8 Å². The van der Waals surface area contributed by atoms with Gasteiger partial charge in [-0.1, -0.05) is 5.16 Å². The molecule has 0 spiro atoms. The molecule has 2 saturated heterocycles. The van der Waals surface area contributed by atoms with Gasteiger partial charge in [0.15, 0.2) is 5.82 Å². The Balaban J connectivity index is 1.51. The summed E-state index contributed by atoms with van der Waals surface area (Å²) < 4.78 is 11.1. The van der Waals surface area contributed by atoms with E-state index in [-0.39, 0.29) is 24.1 Å². The summed E-state index contributed by atoms with van der Waals surface area (Å²) in [6, 6.07) is 0.397. The van der Waals surface area contributed by atoms with Crippen LogP contribution in [0.3, 0.4) is 0 Å². The molecule has 2 aliphatic heterocycles. The molecule has 0 radical (unpaired) electrons. The maximum atomic E-state index is 12.5. The van der Waals surface area contributed by atoms with E-state index in [9.17, 15) is 4.79 Å². The highest BCUT2D eigenvalue weighted by Gasteiger charge is 2.52. The first-order valence-corrected chi connectivity index (χ1v) is 8.27. The molecule has 1 amide bonds. The number of aromatic nitrogens is 2. The van der Waals surface area contributed by atoms with Crippen LogP contribution in [-0.2, 0) is 4.74 Å². The molecule has 0 aromatic carbocycles. The summed E-state index contributed by atoms with van der Waals surface area (Å²) in [4.78, 5) is 19.0. The van der Waals surface area contributed by atoms with Gasteiger partial charge in [-0.3, -0.25) is 0 Å². The SMILES string of the molecule is CC(C)(C)OC(=O)N1C2CCC1C(c1nc(C3CC3)no1)C2. The Morgan fingerprint density at radius 2 is 2.05 bits per heavy atom. The number of ether oxygens (including phenoxy) is 1. The van der Waals surface area contributed by atoms with Crippen LogP contribution < -0.4 is 0 Å². The summed E-state index contributed by atoms with van der Waals surface area (Å²) in [5.74, 6) is 2.23. The van der Waals surface area contributed by atoms with Crippen LogP contribution in [0.5, 0.6) is 0 Å². The Labute approximate surface area is 130 Å². The number of nitrogens with zero attached hydrogens (tertiary/aromatic N) is 3. The fourth-order valence-corrected chi connectivity index (χ4v) is 3.76. The third kappa shape index (κ3) is 2.38. The molecule has 3 aliphatic rings. The topological polar surface area (TPSA) is 68.5 Å². The molecule has 4 rings (SSSR count). The van der Waals surface area contributed by atoms with Crippen molar-refractivity contribution in [1.82, 2.24) is 15.0 Å². The van der Waals surface area contributed by atoms with E-state index in [1.54, 1.807) is 0 Å². The first-order valence-electron chi connectivity index (χ1n) is 8.27. The minimum absolute atomic E-state index is 0.146. The van der Waals surface area contributed by atoms with Crippen LogP contribution in [0.2, 0.25) is 0 Å². The van der Waals surface area contributed by atoms with Gasteiger partial charge in [0.1, 0.15) is 5.60 Å². The van der Waals surface area contributed by atoms with Crippen molar-refractivity contribution < 1.29 is 14.1 Å². The third-order valence-electron chi connectivity index (χ3n) is 4.86. The van der Waals surface area contributed by atoms with E-state index < -0.39 is 5.60 Å². The van der Waals surface area contributed by atoms with Gasteiger partial charge in [0.05, 0.1) is 5.92 Å². The van der Waals surface area contributed by atoms with Crippen LogP contribution in [0, 0.1) is 0 Å². The normalized spacial score (nSPS) is 30.9. The zero-order chi connectivity index (χ0) is 15.5. The summed E-state index contributed by atoms with van der Waals surface area (Å²) in [6.45, 7) is 5.71. The smallest absolute Gasteiger partial charge is 0.410 e. The first kappa shape index (κ1) is 14.0. The molecule has 1 aliphatic carbocycles. The van der Waals surface area contributed by atoms with Gasteiger partial charge in [-0.05, 0) is 52.9 Å². The van der Waals surface area contributed by atoms with E-state index in [4.69, 9.17) is 9.26 Å². The fraction of sp³-hybridized carbons (Fsp3) is 0.812. The number of fused-ring (bicyclic) bond motifs is 2. The molecule has 3 unspecified atom stereocenters. The predicted molar refractivity (Wildman–Crippen MR) is 78.5 cm³/mol. The van der Waals surface area contributed by atoms with E-state index in [0.29, 0.717) is 11.8 Å². The standard InChI is InChI=1S/C16H23N3O3/c1-16(2,3)21-15(20)19-10-6-7-12(19)11(8-10)14-17-13(18-22-14)9-4-5-9/h9-12H,4-8H2,1-3H3. The molecule has 3 fully saturated rings. The Bertz CT molecular complexity index is 588. The molecule has 0 N–H and O–H groups in total. The van der Waals surface area contributed by atoms with Crippen molar-refractivity contribution in [3.8, 4) is 0 Å². The molecule has 1 aromatic rings. The van der Waals surface area contributed by atoms with Crippen LogP contribution >= 0.6 is 0 Å². The van der Waals surface area contributed by atoms with Gasteiger partial charge in [0, 0.05) is 18.0 Å². The van der Waals surface area contributed by atoms with Crippen molar-refractivity contribution in [3.63, 3.8) is 0 Å². The molecule has 22 heavy (non-hydrogen) atoms. The predicted octanol–water partition coefficient (Wildman–Crippen LogP) is 3.20. The van der Waals surface area contributed by atoms with Crippen molar-refractivity contribution in [3.05, 3.63) is 11.7 Å². The van der Waals surface area contributed by atoms with Gasteiger partial charge in [0.2, 0.25) is 5.89 Å². The molecule has 2 bridgehead atoms. The molecule has 120 valence electrons. The van der Waals surface area contributed by atoms with Crippen molar-refractivity contribution in [2.24, 2.45) is 0 Å². The number of hydrogen-bond acceptors (Lipinski definition) is 5.